The van der Waals surface area contributed by atoms with E-state index >= 15 is 8.78 Å². The Morgan fingerprint density at radius 3 is 2.11 bits per heavy atom. The molecule has 0 fully saturated rings. The summed E-state index contributed by atoms with van der Waals surface area (Å²) in [6.07, 6.45) is 10.8. The number of amidine groups is 2. The summed E-state index contributed by atoms with van der Waals surface area (Å²) < 4.78 is 32.7. The normalized spacial score (nSPS) is 22.5. The second-order valence-corrected chi connectivity index (χ2v) is 11.6. The van der Waals surface area contributed by atoms with Crippen LogP contribution in [-0.2, 0) is 11.6 Å². The summed E-state index contributed by atoms with van der Waals surface area (Å²) in [7, 11) is 0. The number of hydrogen-bond donors (Lipinski definition) is 1. The summed E-state index contributed by atoms with van der Waals surface area (Å²) in [5.41, 5.74) is 5.08. The van der Waals surface area contributed by atoms with Crippen LogP contribution in [0.1, 0.15) is 46.7 Å². The Labute approximate surface area is 254 Å². The summed E-state index contributed by atoms with van der Waals surface area (Å²) in [4.78, 5) is 14.6. The molecule has 4 aromatic carbocycles. The van der Waals surface area contributed by atoms with Crippen molar-refractivity contribution < 1.29 is 8.78 Å². The lowest BCUT2D eigenvalue weighted by atomic mass is 9.86. The van der Waals surface area contributed by atoms with Gasteiger partial charge in [-0.1, -0.05) is 103 Å². The molecule has 8 rings (SSSR count). The summed E-state index contributed by atoms with van der Waals surface area (Å²) in [6.45, 7) is 1.94. The third-order valence-corrected chi connectivity index (χ3v) is 8.80. The lowest BCUT2D eigenvalue weighted by molar-refractivity contribution is 0.0480. The quantitative estimate of drug-likeness (QED) is 0.260. The maximum atomic E-state index is 16.4. The van der Waals surface area contributed by atoms with E-state index in [9.17, 15) is 0 Å². The zero-order valence-corrected chi connectivity index (χ0v) is 24.0. The minimum absolute atomic E-state index is 0.0142. The van der Waals surface area contributed by atoms with Gasteiger partial charge >= 0.3 is 0 Å². The Balaban J connectivity index is 1.20. The molecule has 0 spiro atoms. The van der Waals surface area contributed by atoms with Crippen LogP contribution < -0.4 is 5.32 Å². The fraction of sp³-hybridized carbons (Fsp3) is 0.132. The van der Waals surface area contributed by atoms with E-state index < -0.39 is 11.6 Å². The van der Waals surface area contributed by atoms with Crippen LogP contribution in [0.25, 0.3) is 16.7 Å². The lowest BCUT2D eigenvalue weighted by Gasteiger charge is -2.30. The smallest absolute Gasteiger partial charge is 0.299 e. The van der Waals surface area contributed by atoms with Crippen LogP contribution in [0.2, 0.25) is 0 Å². The van der Waals surface area contributed by atoms with E-state index in [-0.39, 0.29) is 17.0 Å². The molecule has 4 aliphatic rings. The highest BCUT2D eigenvalue weighted by molar-refractivity contribution is 6.16. The molecular formula is C38H28F2N4. The van der Waals surface area contributed by atoms with Crippen molar-refractivity contribution >= 4 is 23.5 Å². The molecule has 214 valence electrons. The minimum atomic E-state index is -3.18. The van der Waals surface area contributed by atoms with Crippen molar-refractivity contribution in [3.8, 4) is 11.1 Å². The van der Waals surface area contributed by atoms with Gasteiger partial charge in [-0.3, -0.25) is 4.99 Å². The molecule has 0 amide bonds. The van der Waals surface area contributed by atoms with Gasteiger partial charge in [0.05, 0.1) is 5.70 Å². The van der Waals surface area contributed by atoms with E-state index in [1.165, 1.54) is 0 Å². The zero-order valence-electron chi connectivity index (χ0n) is 24.0. The highest BCUT2D eigenvalue weighted by Crippen LogP contribution is 2.52. The van der Waals surface area contributed by atoms with Gasteiger partial charge in [0.1, 0.15) is 11.7 Å². The van der Waals surface area contributed by atoms with Gasteiger partial charge in [0.2, 0.25) is 0 Å². The Hall–Kier alpha value is -5.23. The fourth-order valence-electron chi connectivity index (χ4n) is 6.53. The highest BCUT2D eigenvalue weighted by atomic mass is 19.3. The van der Waals surface area contributed by atoms with Gasteiger partial charge in [-0.05, 0) is 48.2 Å². The SMILES string of the molecule is CC1(c2ccccc2)N=C(c2ccccc2)NC(c2ccc3c(c2)C(F)(F)c2cc(C4=C5N=CC=CC5CC=C4)ccc2-3)=N1. The van der Waals surface area contributed by atoms with Crippen molar-refractivity contribution in [3.05, 3.63) is 160 Å². The number of nitrogens with zero attached hydrogens (tertiary/aromatic N) is 3. The van der Waals surface area contributed by atoms with E-state index in [1.807, 2.05) is 97.9 Å². The van der Waals surface area contributed by atoms with Crippen molar-refractivity contribution in [2.45, 2.75) is 24.9 Å². The number of nitrogens with one attached hydrogen (secondary N) is 1. The lowest BCUT2D eigenvalue weighted by Crippen LogP contribution is -2.40. The van der Waals surface area contributed by atoms with E-state index in [0.29, 0.717) is 28.4 Å². The van der Waals surface area contributed by atoms with Gasteiger partial charge in [0.15, 0.2) is 5.66 Å². The maximum absolute atomic E-state index is 16.4. The molecule has 4 nitrogen and oxygen atoms in total. The number of hydrogen-bond acceptors (Lipinski definition) is 4. The van der Waals surface area contributed by atoms with Gasteiger partial charge < -0.3 is 5.32 Å². The molecule has 0 saturated carbocycles. The number of dihydropyridines is 1. The van der Waals surface area contributed by atoms with Crippen LogP contribution in [0.4, 0.5) is 8.78 Å². The first-order valence-corrected chi connectivity index (χ1v) is 14.8. The number of allylic oxidation sites excluding steroid dienone is 5. The molecule has 4 aromatic rings. The molecule has 2 atom stereocenters. The van der Waals surface area contributed by atoms with Crippen LogP contribution in [0.3, 0.4) is 0 Å². The molecule has 0 aromatic heterocycles. The average Bonchev–Trinajstić information content (AvgIpc) is 3.30. The summed E-state index contributed by atoms with van der Waals surface area (Å²) in [5, 5.41) is 3.35. The number of alkyl halides is 2. The fourth-order valence-corrected chi connectivity index (χ4v) is 6.53. The average molecular weight is 579 g/mol. The Morgan fingerprint density at radius 2 is 1.39 bits per heavy atom. The minimum Gasteiger partial charge on any atom is -0.324 e. The van der Waals surface area contributed by atoms with Crippen molar-refractivity contribution in [1.82, 2.24) is 5.32 Å². The van der Waals surface area contributed by atoms with Crippen LogP contribution in [-0.4, -0.2) is 17.9 Å². The molecule has 2 aliphatic heterocycles. The molecule has 1 N–H and O–H groups in total. The maximum Gasteiger partial charge on any atom is 0.299 e. The second kappa shape index (κ2) is 9.91. The summed E-state index contributed by atoms with van der Waals surface area (Å²) >= 11 is 0. The van der Waals surface area contributed by atoms with Gasteiger partial charge in [-0.15, -0.1) is 0 Å². The van der Waals surface area contributed by atoms with Crippen molar-refractivity contribution in [3.63, 3.8) is 0 Å². The Kier molecular flexibility index (Phi) is 5.95. The van der Waals surface area contributed by atoms with Crippen molar-refractivity contribution in [2.75, 3.05) is 0 Å². The van der Waals surface area contributed by atoms with Crippen molar-refractivity contribution in [1.29, 1.82) is 0 Å². The van der Waals surface area contributed by atoms with Gasteiger partial charge in [0, 0.05) is 45.5 Å². The van der Waals surface area contributed by atoms with Gasteiger partial charge in [-0.25, -0.2) is 9.98 Å². The first kappa shape index (κ1) is 26.4. The number of halogens is 2. The van der Waals surface area contributed by atoms with Gasteiger partial charge in [0.25, 0.3) is 5.92 Å². The topological polar surface area (TPSA) is 49.1 Å². The van der Waals surface area contributed by atoms with Crippen LogP contribution in [0.5, 0.6) is 0 Å². The van der Waals surface area contributed by atoms with E-state index in [1.54, 1.807) is 24.4 Å². The van der Waals surface area contributed by atoms with E-state index in [2.05, 4.69) is 22.5 Å². The monoisotopic (exact) mass is 578 g/mol. The van der Waals surface area contributed by atoms with E-state index in [0.717, 1.165) is 34.4 Å². The van der Waals surface area contributed by atoms with Crippen LogP contribution >= 0.6 is 0 Å². The first-order chi connectivity index (χ1) is 21.4. The van der Waals surface area contributed by atoms with Gasteiger partial charge in [-0.2, -0.15) is 8.78 Å². The van der Waals surface area contributed by atoms with Crippen LogP contribution in [0, 0.1) is 5.92 Å². The molecule has 0 saturated heterocycles. The largest absolute Gasteiger partial charge is 0.324 e. The molecule has 0 radical (unpaired) electrons. The van der Waals surface area contributed by atoms with Crippen LogP contribution in [0.15, 0.2) is 142 Å². The summed E-state index contributed by atoms with van der Waals surface area (Å²) in [5.74, 6) is -1.88. The third-order valence-electron chi connectivity index (χ3n) is 8.80. The molecule has 0 bridgehead atoms. The number of fused-ring (bicyclic) bond motifs is 4. The molecular weight excluding hydrogens is 550 g/mol. The highest BCUT2D eigenvalue weighted by Gasteiger charge is 2.45. The molecule has 2 unspecified atom stereocenters. The molecule has 2 aliphatic carbocycles. The third kappa shape index (κ3) is 4.21. The predicted octanol–water partition coefficient (Wildman–Crippen LogP) is 8.40. The zero-order chi connectivity index (χ0) is 29.9. The molecule has 2 heterocycles. The Morgan fingerprint density at radius 1 is 0.750 bits per heavy atom. The molecule has 44 heavy (non-hydrogen) atoms. The Bertz CT molecular complexity index is 2000. The predicted molar refractivity (Wildman–Crippen MR) is 173 cm³/mol. The van der Waals surface area contributed by atoms with Crippen molar-refractivity contribution in [2.24, 2.45) is 20.9 Å². The number of rotatable bonds is 4. The number of aliphatic imine (C=N–C) groups is 3. The first-order valence-electron chi connectivity index (χ1n) is 14.8. The summed E-state index contributed by atoms with van der Waals surface area (Å²) in [6, 6.07) is 30.2. The van der Waals surface area contributed by atoms with E-state index in [4.69, 9.17) is 9.98 Å². The number of benzene rings is 4. The standard InChI is InChI=1S/C38H28F2N4/c1-37(28-14-6-3-7-15-28)43-35(25-10-4-2-5-11-25)42-36(44-37)27-18-20-31-30-19-17-26(22-32(30)38(39,40)33(31)23-27)29-16-8-12-24-13-9-21-41-34(24)29/h2-11,13-24H,12H2,1H3,(H,42,43,44). The second-order valence-electron chi connectivity index (χ2n) is 11.6. The molecule has 6 heteroatoms.